The van der Waals surface area contributed by atoms with Crippen LogP contribution >= 0.6 is 11.6 Å². The minimum absolute atomic E-state index is 0.0152. The number of Topliss-reactive ketones (excluding diaryl/α,β-unsaturated/α-hetero) is 1. The van der Waals surface area contributed by atoms with Crippen molar-refractivity contribution in [2.24, 2.45) is 0 Å². The summed E-state index contributed by atoms with van der Waals surface area (Å²) < 4.78 is 5.19. The van der Waals surface area contributed by atoms with Crippen LogP contribution in [0.2, 0.25) is 0 Å². The summed E-state index contributed by atoms with van der Waals surface area (Å²) in [6.07, 6.45) is 2.23. The molecule has 0 amide bonds. The predicted octanol–water partition coefficient (Wildman–Crippen LogP) is 2.23. The first-order chi connectivity index (χ1) is 5.25. The van der Waals surface area contributed by atoms with Crippen LogP contribution in [-0.2, 0) is 9.53 Å². The third-order valence-corrected chi connectivity index (χ3v) is 2.04. The molecule has 0 heterocycles. The van der Waals surface area contributed by atoms with Gasteiger partial charge in [0.2, 0.25) is 0 Å². The van der Waals surface area contributed by atoms with Crippen molar-refractivity contribution in [1.82, 2.24) is 0 Å². The summed E-state index contributed by atoms with van der Waals surface area (Å²) in [7, 11) is 0. The molecule has 0 saturated carbocycles. The number of ether oxygens (including phenoxy) is 1. The van der Waals surface area contributed by atoms with E-state index in [1.54, 1.807) is 0 Å². The van der Waals surface area contributed by atoms with E-state index in [0.29, 0.717) is 23.8 Å². The molecule has 0 saturated heterocycles. The van der Waals surface area contributed by atoms with Gasteiger partial charge in [0.15, 0.2) is 5.78 Å². The van der Waals surface area contributed by atoms with Gasteiger partial charge in [-0.15, -0.1) is 0 Å². The molecule has 2 nitrogen and oxygen atoms in total. The van der Waals surface area contributed by atoms with E-state index >= 15 is 0 Å². The molecule has 0 aromatic rings. The summed E-state index contributed by atoms with van der Waals surface area (Å²) in [4.78, 5) is 11.0. The van der Waals surface area contributed by atoms with E-state index < -0.39 is 0 Å². The van der Waals surface area contributed by atoms with Gasteiger partial charge >= 0.3 is 0 Å². The Hall–Kier alpha value is -0.500. The summed E-state index contributed by atoms with van der Waals surface area (Å²) in [6.45, 7) is 2.47. The normalized spacial score (nSPS) is 18.9. The highest BCUT2D eigenvalue weighted by molar-refractivity contribution is 6.42. The molecule has 62 valence electrons. The molecule has 0 aliphatic heterocycles. The van der Waals surface area contributed by atoms with Gasteiger partial charge in [0.05, 0.1) is 6.61 Å². The minimum atomic E-state index is 0.0152. The third-order valence-electron chi connectivity index (χ3n) is 1.62. The van der Waals surface area contributed by atoms with Crippen LogP contribution in [0.15, 0.2) is 10.8 Å². The second-order valence-corrected chi connectivity index (χ2v) is 2.82. The Bertz CT molecular complexity index is 196. The van der Waals surface area contributed by atoms with E-state index in [0.717, 1.165) is 12.8 Å². The first kappa shape index (κ1) is 8.60. The van der Waals surface area contributed by atoms with Crippen LogP contribution in [0.25, 0.3) is 0 Å². The van der Waals surface area contributed by atoms with Crippen LogP contribution in [0.4, 0.5) is 0 Å². The van der Waals surface area contributed by atoms with Crippen LogP contribution in [0.5, 0.6) is 0 Å². The van der Waals surface area contributed by atoms with Crippen LogP contribution in [0, 0.1) is 0 Å². The van der Waals surface area contributed by atoms with Gasteiger partial charge in [0, 0.05) is 12.8 Å². The van der Waals surface area contributed by atoms with E-state index in [4.69, 9.17) is 16.3 Å². The number of ketones is 1. The first-order valence-electron chi connectivity index (χ1n) is 3.80. The lowest BCUT2D eigenvalue weighted by atomic mass is 10.1. The third kappa shape index (κ3) is 1.96. The van der Waals surface area contributed by atoms with Crippen molar-refractivity contribution in [2.75, 3.05) is 6.61 Å². The summed E-state index contributed by atoms with van der Waals surface area (Å²) in [5, 5.41) is 0.304. The Morgan fingerprint density at radius 2 is 2.27 bits per heavy atom. The molecule has 3 heteroatoms. The van der Waals surface area contributed by atoms with Gasteiger partial charge in [0.1, 0.15) is 10.8 Å². The van der Waals surface area contributed by atoms with E-state index in [2.05, 4.69) is 0 Å². The number of carbonyl (C=O) groups excluding carboxylic acids is 1. The zero-order valence-corrected chi connectivity index (χ0v) is 7.28. The van der Waals surface area contributed by atoms with Crippen molar-refractivity contribution < 1.29 is 9.53 Å². The van der Waals surface area contributed by atoms with Crippen LogP contribution in [-0.4, -0.2) is 12.4 Å². The van der Waals surface area contributed by atoms with Crippen LogP contribution in [0.3, 0.4) is 0 Å². The average Bonchev–Trinajstić information content (AvgIpc) is 1.99. The highest BCUT2D eigenvalue weighted by Crippen LogP contribution is 2.25. The maximum absolute atomic E-state index is 11.0. The SMILES string of the molecule is CCOC1=C(Cl)C(=O)CCC1. The molecule has 0 spiro atoms. The fourth-order valence-electron chi connectivity index (χ4n) is 1.09. The Morgan fingerprint density at radius 3 is 2.91 bits per heavy atom. The maximum Gasteiger partial charge on any atom is 0.177 e. The molecule has 0 fully saturated rings. The van der Waals surface area contributed by atoms with Gasteiger partial charge in [-0.1, -0.05) is 11.6 Å². The van der Waals surface area contributed by atoms with Crippen molar-refractivity contribution in [3.05, 3.63) is 10.8 Å². The number of rotatable bonds is 2. The van der Waals surface area contributed by atoms with E-state index in [1.807, 2.05) is 6.92 Å². The fraction of sp³-hybridized carbons (Fsp3) is 0.625. The Morgan fingerprint density at radius 1 is 1.55 bits per heavy atom. The van der Waals surface area contributed by atoms with E-state index in [-0.39, 0.29) is 5.78 Å². The second-order valence-electron chi connectivity index (χ2n) is 2.45. The van der Waals surface area contributed by atoms with Crippen molar-refractivity contribution in [2.45, 2.75) is 26.2 Å². The lowest BCUT2D eigenvalue weighted by Crippen LogP contribution is -2.09. The van der Waals surface area contributed by atoms with Gasteiger partial charge in [-0.2, -0.15) is 0 Å². The molecule has 0 bridgehead atoms. The van der Waals surface area contributed by atoms with Gasteiger partial charge in [0.25, 0.3) is 0 Å². The monoisotopic (exact) mass is 174 g/mol. The Balaban J connectivity index is 2.71. The van der Waals surface area contributed by atoms with Gasteiger partial charge in [-0.05, 0) is 13.3 Å². The molecule has 1 rings (SSSR count). The van der Waals surface area contributed by atoms with Crippen LogP contribution < -0.4 is 0 Å². The second kappa shape index (κ2) is 3.77. The molecular weight excluding hydrogens is 164 g/mol. The fourth-order valence-corrected chi connectivity index (χ4v) is 1.34. The molecule has 0 N–H and O–H groups in total. The molecule has 1 aliphatic rings. The summed E-state index contributed by atoms with van der Waals surface area (Å²) in [5.74, 6) is 0.687. The van der Waals surface area contributed by atoms with E-state index in [1.165, 1.54) is 0 Å². The van der Waals surface area contributed by atoms with E-state index in [9.17, 15) is 4.79 Å². The van der Waals surface area contributed by atoms with Crippen LogP contribution in [0.1, 0.15) is 26.2 Å². The molecule has 11 heavy (non-hydrogen) atoms. The number of allylic oxidation sites excluding steroid dienone is 2. The Kier molecular flexibility index (Phi) is 2.94. The lowest BCUT2D eigenvalue weighted by molar-refractivity contribution is -0.115. The summed E-state index contributed by atoms with van der Waals surface area (Å²) >= 11 is 5.72. The summed E-state index contributed by atoms with van der Waals surface area (Å²) in [6, 6.07) is 0. The Labute approximate surface area is 71.2 Å². The molecule has 0 atom stereocenters. The minimum Gasteiger partial charge on any atom is -0.497 e. The number of hydrogen-bond acceptors (Lipinski definition) is 2. The zero-order valence-electron chi connectivity index (χ0n) is 6.52. The topological polar surface area (TPSA) is 26.3 Å². The van der Waals surface area contributed by atoms with Gasteiger partial charge < -0.3 is 4.74 Å². The van der Waals surface area contributed by atoms with Crippen molar-refractivity contribution in [3.63, 3.8) is 0 Å². The quantitative estimate of drug-likeness (QED) is 0.642. The standard InChI is InChI=1S/C8H11ClO2/c1-2-11-7-5-3-4-6(10)8(7)9/h2-5H2,1H3. The lowest BCUT2D eigenvalue weighted by Gasteiger charge is -2.14. The van der Waals surface area contributed by atoms with Gasteiger partial charge in [-0.25, -0.2) is 0 Å². The van der Waals surface area contributed by atoms with Crippen molar-refractivity contribution in [3.8, 4) is 0 Å². The summed E-state index contributed by atoms with van der Waals surface area (Å²) in [5.41, 5.74) is 0. The maximum atomic E-state index is 11.0. The molecule has 0 aromatic carbocycles. The average molecular weight is 175 g/mol. The zero-order chi connectivity index (χ0) is 8.27. The highest BCUT2D eigenvalue weighted by Gasteiger charge is 2.19. The largest absolute Gasteiger partial charge is 0.497 e. The molecular formula is C8H11ClO2. The molecule has 1 aliphatic carbocycles. The predicted molar refractivity (Wildman–Crippen MR) is 43.4 cm³/mol. The number of carbonyl (C=O) groups is 1. The number of halogens is 1. The molecule has 0 unspecified atom stereocenters. The molecule has 0 radical (unpaired) electrons. The molecule has 0 aromatic heterocycles. The first-order valence-corrected chi connectivity index (χ1v) is 4.18. The highest BCUT2D eigenvalue weighted by atomic mass is 35.5. The van der Waals surface area contributed by atoms with Crippen molar-refractivity contribution in [1.29, 1.82) is 0 Å². The van der Waals surface area contributed by atoms with Gasteiger partial charge in [-0.3, -0.25) is 4.79 Å². The number of hydrogen-bond donors (Lipinski definition) is 0. The van der Waals surface area contributed by atoms with Crippen molar-refractivity contribution >= 4 is 17.4 Å². The smallest absolute Gasteiger partial charge is 0.177 e.